The summed E-state index contributed by atoms with van der Waals surface area (Å²) in [5.74, 6) is -0.0179. The van der Waals surface area contributed by atoms with Crippen LogP contribution in [0.15, 0.2) is 55.4 Å². The molecule has 0 radical (unpaired) electrons. The van der Waals surface area contributed by atoms with Crippen molar-refractivity contribution in [2.75, 3.05) is 49.8 Å². The molecule has 0 bridgehead atoms. The zero-order valence-electron chi connectivity index (χ0n) is 21.2. The second kappa shape index (κ2) is 10.8. The van der Waals surface area contributed by atoms with Crippen LogP contribution in [0.25, 0.3) is 11.1 Å². The molecular formula is C27H33FN6O2. The highest BCUT2D eigenvalue weighted by Gasteiger charge is 2.24. The number of benzene rings is 2. The molecule has 0 spiro atoms. The molecule has 36 heavy (non-hydrogen) atoms. The van der Waals surface area contributed by atoms with Crippen molar-refractivity contribution < 1.29 is 13.9 Å². The monoisotopic (exact) mass is 492 g/mol. The molecule has 3 aromatic rings. The number of rotatable bonds is 8. The van der Waals surface area contributed by atoms with Gasteiger partial charge < -0.3 is 25.2 Å². The Hall–Kier alpha value is -3.85. The van der Waals surface area contributed by atoms with Crippen LogP contribution in [0.5, 0.6) is 5.75 Å². The van der Waals surface area contributed by atoms with E-state index >= 15 is 0 Å². The fraction of sp³-hybridized carbons (Fsp3) is 0.333. The number of aryl methyl sites for hydroxylation is 1. The van der Waals surface area contributed by atoms with Gasteiger partial charge in [-0.25, -0.2) is 4.39 Å². The normalized spacial score (nSPS) is 14.1. The molecule has 1 amide bonds. The Labute approximate surface area is 211 Å². The van der Waals surface area contributed by atoms with Crippen LogP contribution in [0.4, 0.5) is 27.1 Å². The van der Waals surface area contributed by atoms with Crippen molar-refractivity contribution in [2.24, 2.45) is 7.05 Å². The van der Waals surface area contributed by atoms with Gasteiger partial charge in [-0.1, -0.05) is 6.58 Å². The first-order valence-corrected chi connectivity index (χ1v) is 11.9. The highest BCUT2D eigenvalue weighted by atomic mass is 19.1. The molecule has 190 valence electrons. The first-order chi connectivity index (χ1) is 17.3. The van der Waals surface area contributed by atoms with Gasteiger partial charge >= 0.3 is 0 Å². The molecule has 2 aromatic carbocycles. The Morgan fingerprint density at radius 1 is 1.22 bits per heavy atom. The number of nitrogens with zero attached hydrogens (tertiary/aromatic N) is 4. The lowest BCUT2D eigenvalue weighted by molar-refractivity contribution is -0.111. The zero-order valence-corrected chi connectivity index (χ0v) is 21.2. The second-order valence-corrected chi connectivity index (χ2v) is 9.17. The number of anilines is 4. The van der Waals surface area contributed by atoms with Crippen LogP contribution in [0, 0.1) is 5.82 Å². The molecule has 1 aromatic heterocycles. The molecule has 4 rings (SSSR count). The van der Waals surface area contributed by atoms with Gasteiger partial charge in [-0.2, -0.15) is 5.10 Å². The average molecular weight is 493 g/mol. The number of piperidine rings is 1. The summed E-state index contributed by atoms with van der Waals surface area (Å²) in [4.78, 5) is 16.8. The van der Waals surface area contributed by atoms with Crippen molar-refractivity contribution in [1.29, 1.82) is 0 Å². The van der Waals surface area contributed by atoms with Gasteiger partial charge in [0.25, 0.3) is 0 Å². The number of carbonyl (C=O) groups excluding carboxylic acids is 1. The van der Waals surface area contributed by atoms with E-state index < -0.39 is 0 Å². The SMILES string of the molecule is C=CC(=O)Nc1cc(Nc2ccc(F)c(-c3cnn(C)c3)c2)c(OC)cc1N1CCC(N(C)C)CC1. The van der Waals surface area contributed by atoms with Crippen molar-refractivity contribution in [1.82, 2.24) is 14.7 Å². The fourth-order valence-electron chi connectivity index (χ4n) is 4.54. The van der Waals surface area contributed by atoms with Crippen LogP contribution in [0.1, 0.15) is 12.8 Å². The molecular weight excluding hydrogens is 459 g/mol. The maximum Gasteiger partial charge on any atom is 0.247 e. The van der Waals surface area contributed by atoms with Crippen LogP contribution in [0.2, 0.25) is 0 Å². The van der Waals surface area contributed by atoms with E-state index in [-0.39, 0.29) is 11.7 Å². The lowest BCUT2D eigenvalue weighted by Crippen LogP contribution is -2.42. The van der Waals surface area contributed by atoms with Gasteiger partial charge in [0.2, 0.25) is 5.91 Å². The van der Waals surface area contributed by atoms with Gasteiger partial charge in [0, 0.05) is 55.3 Å². The lowest BCUT2D eigenvalue weighted by Gasteiger charge is -2.37. The summed E-state index contributed by atoms with van der Waals surface area (Å²) in [6, 6.07) is 9.12. The third-order valence-corrected chi connectivity index (χ3v) is 6.56. The quantitative estimate of drug-likeness (QED) is 0.447. The summed E-state index contributed by atoms with van der Waals surface area (Å²) in [5, 5.41) is 10.4. The summed E-state index contributed by atoms with van der Waals surface area (Å²) < 4.78 is 21.9. The number of nitrogens with one attached hydrogen (secondary N) is 2. The van der Waals surface area contributed by atoms with E-state index in [0.717, 1.165) is 31.6 Å². The topological polar surface area (TPSA) is 74.7 Å². The highest BCUT2D eigenvalue weighted by molar-refractivity contribution is 6.02. The number of hydrogen-bond acceptors (Lipinski definition) is 6. The van der Waals surface area contributed by atoms with E-state index in [1.165, 1.54) is 12.1 Å². The minimum Gasteiger partial charge on any atom is -0.494 e. The van der Waals surface area contributed by atoms with Gasteiger partial charge in [0.15, 0.2) is 0 Å². The maximum absolute atomic E-state index is 14.6. The van der Waals surface area contributed by atoms with Crippen molar-refractivity contribution >= 4 is 28.7 Å². The molecule has 2 heterocycles. The maximum atomic E-state index is 14.6. The van der Waals surface area contributed by atoms with Crippen molar-refractivity contribution in [3.05, 3.63) is 61.2 Å². The Morgan fingerprint density at radius 2 is 1.97 bits per heavy atom. The zero-order chi connectivity index (χ0) is 25.8. The van der Waals surface area contributed by atoms with E-state index in [9.17, 15) is 9.18 Å². The van der Waals surface area contributed by atoms with E-state index in [1.807, 2.05) is 12.1 Å². The largest absolute Gasteiger partial charge is 0.494 e. The number of methoxy groups -OCH3 is 1. The number of hydrogen-bond donors (Lipinski definition) is 2. The summed E-state index contributed by atoms with van der Waals surface area (Å²) in [6.45, 7) is 5.31. The third kappa shape index (κ3) is 5.52. The van der Waals surface area contributed by atoms with Gasteiger partial charge in [-0.05, 0) is 57.3 Å². The first kappa shape index (κ1) is 25.2. The predicted octanol–water partition coefficient (Wildman–Crippen LogP) is 4.63. The molecule has 0 saturated carbocycles. The number of amides is 1. The fourth-order valence-corrected chi connectivity index (χ4v) is 4.54. The van der Waals surface area contributed by atoms with Crippen LogP contribution in [0.3, 0.4) is 0 Å². The van der Waals surface area contributed by atoms with Gasteiger partial charge in [-0.15, -0.1) is 0 Å². The summed E-state index contributed by atoms with van der Waals surface area (Å²) in [6.07, 6.45) is 6.69. The average Bonchev–Trinajstić information content (AvgIpc) is 3.31. The number of ether oxygens (including phenoxy) is 1. The van der Waals surface area contributed by atoms with Crippen LogP contribution in [-0.4, -0.2) is 60.9 Å². The summed E-state index contributed by atoms with van der Waals surface area (Å²) in [5.41, 5.74) is 3.98. The molecule has 9 heteroatoms. The third-order valence-electron chi connectivity index (χ3n) is 6.56. The minimum absolute atomic E-state index is 0.295. The Bertz CT molecular complexity index is 1250. The highest BCUT2D eigenvalue weighted by Crippen LogP contribution is 2.40. The first-order valence-electron chi connectivity index (χ1n) is 11.9. The van der Waals surface area contributed by atoms with Gasteiger partial charge in [-0.3, -0.25) is 9.48 Å². The van der Waals surface area contributed by atoms with Gasteiger partial charge in [0.1, 0.15) is 11.6 Å². The molecule has 1 aliphatic rings. The summed E-state index contributed by atoms with van der Waals surface area (Å²) in [7, 11) is 7.61. The second-order valence-electron chi connectivity index (χ2n) is 9.17. The Morgan fingerprint density at radius 3 is 2.58 bits per heavy atom. The molecule has 0 aliphatic carbocycles. The lowest BCUT2D eigenvalue weighted by atomic mass is 10.0. The molecule has 1 aliphatic heterocycles. The van der Waals surface area contributed by atoms with E-state index in [2.05, 4.69) is 46.2 Å². The van der Waals surface area contributed by atoms with Crippen molar-refractivity contribution in [2.45, 2.75) is 18.9 Å². The predicted molar refractivity (Wildman–Crippen MR) is 143 cm³/mol. The summed E-state index contributed by atoms with van der Waals surface area (Å²) >= 11 is 0. The van der Waals surface area contributed by atoms with Gasteiger partial charge in [0.05, 0.1) is 30.4 Å². The standard InChI is InChI=1S/C27H33FN6O2/c1-6-27(35)31-23-14-24(26(36-5)15-25(23)34-11-9-20(10-12-34)32(2)3)30-19-7-8-22(28)21(13-19)18-16-29-33(4)17-18/h6-8,13-17,20,30H,1,9-12H2,2-5H3,(H,31,35). The molecule has 0 unspecified atom stereocenters. The molecule has 2 N–H and O–H groups in total. The number of halogens is 1. The molecule has 0 atom stereocenters. The van der Waals surface area contributed by atoms with Crippen LogP contribution < -0.4 is 20.3 Å². The molecule has 1 saturated heterocycles. The van der Waals surface area contributed by atoms with Crippen LogP contribution >= 0.6 is 0 Å². The smallest absolute Gasteiger partial charge is 0.247 e. The van der Waals surface area contributed by atoms with Crippen molar-refractivity contribution in [3.8, 4) is 16.9 Å². The number of carbonyl (C=O) groups is 1. The van der Waals surface area contributed by atoms with Crippen LogP contribution in [-0.2, 0) is 11.8 Å². The molecule has 1 fully saturated rings. The van der Waals surface area contributed by atoms with Crippen molar-refractivity contribution in [3.63, 3.8) is 0 Å². The minimum atomic E-state index is -0.337. The Balaban J connectivity index is 1.68. The van der Waals surface area contributed by atoms with E-state index in [0.29, 0.717) is 40.0 Å². The van der Waals surface area contributed by atoms with E-state index in [1.54, 1.807) is 43.4 Å². The van der Waals surface area contributed by atoms with E-state index in [4.69, 9.17) is 4.74 Å². The molecule has 8 nitrogen and oxygen atoms in total. The number of aromatic nitrogens is 2. The Kier molecular flexibility index (Phi) is 7.59.